The summed E-state index contributed by atoms with van der Waals surface area (Å²) in [7, 11) is 0. The fourth-order valence-corrected chi connectivity index (χ4v) is 2.22. The Balaban J connectivity index is 1.98. The molecule has 114 valence electrons. The van der Waals surface area contributed by atoms with Crippen molar-refractivity contribution >= 4 is 17.7 Å². The third-order valence-corrected chi connectivity index (χ3v) is 3.63. The fourth-order valence-electron chi connectivity index (χ4n) is 2.22. The van der Waals surface area contributed by atoms with E-state index in [0.717, 1.165) is 17.7 Å². The molecule has 0 aliphatic heterocycles. The van der Waals surface area contributed by atoms with E-state index < -0.39 is 0 Å². The lowest BCUT2D eigenvalue weighted by Gasteiger charge is -2.05. The van der Waals surface area contributed by atoms with Crippen LogP contribution in [0.4, 0.5) is 5.69 Å². The van der Waals surface area contributed by atoms with Gasteiger partial charge in [0, 0.05) is 11.8 Å². The lowest BCUT2D eigenvalue weighted by atomic mass is 10.0. The molecule has 0 unspecified atom stereocenters. The van der Waals surface area contributed by atoms with Crippen LogP contribution in [0.5, 0.6) is 0 Å². The molecule has 2 aromatic carbocycles. The van der Waals surface area contributed by atoms with Gasteiger partial charge < -0.3 is 5.32 Å². The molecule has 0 heterocycles. The van der Waals surface area contributed by atoms with Gasteiger partial charge in [0.05, 0.1) is 0 Å². The van der Waals surface area contributed by atoms with Gasteiger partial charge in [0.1, 0.15) is 0 Å². The van der Waals surface area contributed by atoms with Crippen LogP contribution in [0.1, 0.15) is 43.4 Å². The Morgan fingerprint density at radius 1 is 1.14 bits per heavy atom. The second kappa shape index (κ2) is 7.60. The summed E-state index contributed by atoms with van der Waals surface area (Å²) in [4.78, 5) is 12.0. The zero-order valence-electron chi connectivity index (χ0n) is 13.5. The van der Waals surface area contributed by atoms with Crippen LogP contribution in [-0.4, -0.2) is 5.91 Å². The fraction of sp³-hybridized carbons (Fsp3) is 0.250. The minimum absolute atomic E-state index is 0.110. The minimum Gasteiger partial charge on any atom is -0.323 e. The van der Waals surface area contributed by atoms with Gasteiger partial charge in [-0.25, -0.2) is 0 Å². The molecule has 1 amide bonds. The first kappa shape index (κ1) is 16.0. The Bertz CT molecular complexity index is 654. The van der Waals surface area contributed by atoms with Gasteiger partial charge in [-0.15, -0.1) is 0 Å². The van der Waals surface area contributed by atoms with Crippen LogP contribution in [0.25, 0.3) is 6.08 Å². The molecule has 0 atom stereocenters. The summed E-state index contributed by atoms with van der Waals surface area (Å²) >= 11 is 0. The average Bonchev–Trinajstić information content (AvgIpc) is 2.53. The third-order valence-electron chi connectivity index (χ3n) is 3.63. The number of anilines is 1. The van der Waals surface area contributed by atoms with Gasteiger partial charge in [-0.1, -0.05) is 57.2 Å². The predicted octanol–water partition coefficient (Wildman–Crippen LogP) is 5.02. The first-order chi connectivity index (χ1) is 10.6. The second-order valence-electron chi connectivity index (χ2n) is 5.70. The predicted molar refractivity (Wildman–Crippen MR) is 94.0 cm³/mol. The summed E-state index contributed by atoms with van der Waals surface area (Å²) in [6.45, 7) is 6.44. The summed E-state index contributed by atoms with van der Waals surface area (Å²) in [5.41, 5.74) is 4.38. The SMILES string of the molecule is CCc1cccc(NC(=O)C=Cc2ccc(C(C)C)cc2)c1. The highest BCUT2D eigenvalue weighted by molar-refractivity contribution is 6.01. The average molecular weight is 293 g/mol. The molecule has 2 nitrogen and oxygen atoms in total. The molecule has 2 rings (SSSR count). The van der Waals surface area contributed by atoms with Gasteiger partial charge in [0.2, 0.25) is 5.91 Å². The van der Waals surface area contributed by atoms with E-state index in [-0.39, 0.29) is 5.91 Å². The molecule has 0 radical (unpaired) electrons. The van der Waals surface area contributed by atoms with Crippen LogP contribution in [-0.2, 0) is 11.2 Å². The molecule has 0 aromatic heterocycles. The van der Waals surface area contributed by atoms with E-state index in [1.54, 1.807) is 6.08 Å². The smallest absolute Gasteiger partial charge is 0.248 e. The third kappa shape index (κ3) is 4.59. The number of carbonyl (C=O) groups excluding carboxylic acids is 1. The number of benzene rings is 2. The lowest BCUT2D eigenvalue weighted by Crippen LogP contribution is -2.07. The highest BCUT2D eigenvalue weighted by Crippen LogP contribution is 2.15. The number of nitrogens with one attached hydrogen (secondary N) is 1. The summed E-state index contributed by atoms with van der Waals surface area (Å²) in [5, 5.41) is 2.89. The van der Waals surface area contributed by atoms with Crippen molar-refractivity contribution < 1.29 is 4.79 Å². The molecule has 0 saturated carbocycles. The van der Waals surface area contributed by atoms with Crippen molar-refractivity contribution in [1.29, 1.82) is 0 Å². The zero-order valence-corrected chi connectivity index (χ0v) is 13.5. The molecule has 0 fully saturated rings. The second-order valence-corrected chi connectivity index (χ2v) is 5.70. The maximum absolute atomic E-state index is 12.0. The van der Waals surface area contributed by atoms with Gasteiger partial charge in [-0.3, -0.25) is 4.79 Å². The topological polar surface area (TPSA) is 29.1 Å². The molecule has 0 spiro atoms. The molecule has 0 aliphatic carbocycles. The monoisotopic (exact) mass is 293 g/mol. The van der Waals surface area contributed by atoms with Crippen molar-refractivity contribution in [2.45, 2.75) is 33.1 Å². The van der Waals surface area contributed by atoms with Gasteiger partial charge >= 0.3 is 0 Å². The Hall–Kier alpha value is -2.35. The quantitative estimate of drug-likeness (QED) is 0.770. The number of carbonyl (C=O) groups is 1. The maximum Gasteiger partial charge on any atom is 0.248 e. The number of hydrogen-bond donors (Lipinski definition) is 1. The van der Waals surface area contributed by atoms with E-state index in [4.69, 9.17) is 0 Å². The van der Waals surface area contributed by atoms with E-state index in [1.165, 1.54) is 11.1 Å². The van der Waals surface area contributed by atoms with Crippen molar-refractivity contribution in [2.75, 3.05) is 5.32 Å². The Morgan fingerprint density at radius 3 is 2.50 bits per heavy atom. The number of amides is 1. The summed E-state index contributed by atoms with van der Waals surface area (Å²) in [6.07, 6.45) is 4.37. The van der Waals surface area contributed by atoms with Gasteiger partial charge in [0.15, 0.2) is 0 Å². The van der Waals surface area contributed by atoms with Crippen LogP contribution in [0, 0.1) is 0 Å². The first-order valence-electron chi connectivity index (χ1n) is 7.76. The van der Waals surface area contributed by atoms with Crippen molar-refractivity contribution in [3.8, 4) is 0 Å². The molecule has 1 N–H and O–H groups in total. The number of hydrogen-bond acceptors (Lipinski definition) is 1. The van der Waals surface area contributed by atoms with E-state index in [2.05, 4.69) is 44.3 Å². The normalized spacial score (nSPS) is 11.1. The molecule has 2 heteroatoms. The standard InChI is InChI=1S/C20H23NO/c1-4-16-6-5-7-19(14-16)21-20(22)13-10-17-8-11-18(12-9-17)15(2)3/h5-15H,4H2,1-3H3,(H,21,22). The van der Waals surface area contributed by atoms with Crippen molar-refractivity contribution in [3.05, 3.63) is 71.3 Å². The summed E-state index contributed by atoms with van der Waals surface area (Å²) < 4.78 is 0. The first-order valence-corrected chi connectivity index (χ1v) is 7.76. The van der Waals surface area contributed by atoms with Crippen LogP contribution in [0.2, 0.25) is 0 Å². The van der Waals surface area contributed by atoms with Crippen LogP contribution in [0.3, 0.4) is 0 Å². The molecule has 0 bridgehead atoms. The van der Waals surface area contributed by atoms with E-state index in [0.29, 0.717) is 5.92 Å². The number of aryl methyl sites for hydroxylation is 1. The van der Waals surface area contributed by atoms with Crippen LogP contribution < -0.4 is 5.32 Å². The van der Waals surface area contributed by atoms with Gasteiger partial charge in [-0.05, 0) is 47.2 Å². The summed E-state index contributed by atoms with van der Waals surface area (Å²) in [5.74, 6) is 0.411. The Morgan fingerprint density at radius 2 is 1.86 bits per heavy atom. The Kier molecular flexibility index (Phi) is 5.54. The molecule has 0 saturated heterocycles. The molecule has 0 aliphatic rings. The number of rotatable bonds is 5. The largest absolute Gasteiger partial charge is 0.323 e. The molecular weight excluding hydrogens is 270 g/mol. The molecule has 22 heavy (non-hydrogen) atoms. The van der Waals surface area contributed by atoms with Crippen molar-refractivity contribution in [1.82, 2.24) is 0 Å². The summed E-state index contributed by atoms with van der Waals surface area (Å²) in [6, 6.07) is 16.2. The maximum atomic E-state index is 12.0. The van der Waals surface area contributed by atoms with E-state index >= 15 is 0 Å². The van der Waals surface area contributed by atoms with Crippen molar-refractivity contribution in [2.24, 2.45) is 0 Å². The highest BCUT2D eigenvalue weighted by Gasteiger charge is 2.00. The van der Waals surface area contributed by atoms with Gasteiger partial charge in [-0.2, -0.15) is 0 Å². The Labute approximate surface area is 132 Å². The van der Waals surface area contributed by atoms with Crippen molar-refractivity contribution in [3.63, 3.8) is 0 Å². The van der Waals surface area contributed by atoms with E-state index in [1.807, 2.05) is 36.4 Å². The van der Waals surface area contributed by atoms with Crippen LogP contribution in [0.15, 0.2) is 54.6 Å². The minimum atomic E-state index is -0.110. The van der Waals surface area contributed by atoms with E-state index in [9.17, 15) is 4.79 Å². The van der Waals surface area contributed by atoms with Gasteiger partial charge in [0.25, 0.3) is 0 Å². The zero-order chi connectivity index (χ0) is 15.9. The van der Waals surface area contributed by atoms with Crippen LogP contribution >= 0.6 is 0 Å². The molecule has 2 aromatic rings. The lowest BCUT2D eigenvalue weighted by molar-refractivity contribution is -0.111. The highest BCUT2D eigenvalue weighted by atomic mass is 16.1. The molecular formula is C20H23NO.